The number of hydrogen-bond donors (Lipinski definition) is 3. The summed E-state index contributed by atoms with van der Waals surface area (Å²) < 4.78 is 5.56. The molecule has 4 heterocycles. The van der Waals surface area contributed by atoms with Crippen LogP contribution in [0.1, 0.15) is 125 Å². The van der Waals surface area contributed by atoms with Gasteiger partial charge in [-0.15, -0.1) is 0 Å². The molecule has 3 fully saturated rings. The highest BCUT2D eigenvalue weighted by Crippen LogP contribution is 2.34. The molecule has 0 saturated carbocycles. The second-order valence-corrected chi connectivity index (χ2v) is 16.5. The maximum Gasteiger partial charge on any atom is 0.230 e. The number of nitrogens with one attached hydrogen (secondary N) is 3. The van der Waals surface area contributed by atoms with E-state index in [-0.39, 0.29) is 22.2 Å². The molecule has 0 aliphatic carbocycles. The van der Waals surface area contributed by atoms with Gasteiger partial charge in [0.1, 0.15) is 5.82 Å². The molecule has 4 rings (SSSR count). The zero-order valence-electron chi connectivity index (χ0n) is 29.3. The van der Waals surface area contributed by atoms with Gasteiger partial charge in [-0.25, -0.2) is 0 Å². The Labute approximate surface area is 263 Å². The summed E-state index contributed by atoms with van der Waals surface area (Å²) in [6.07, 6.45) is 11.4. The summed E-state index contributed by atoms with van der Waals surface area (Å²) in [6, 6.07) is 1.37. The number of unbranched alkanes of at least 4 members (excludes halogenated alkanes) is 3. The van der Waals surface area contributed by atoms with Crippen molar-refractivity contribution in [1.29, 1.82) is 0 Å². The summed E-state index contributed by atoms with van der Waals surface area (Å²) in [7, 11) is 2.33. The summed E-state index contributed by atoms with van der Waals surface area (Å²) in [5.41, 5.74) is 0.488. The van der Waals surface area contributed by atoms with Crippen LogP contribution in [0, 0.1) is 6.92 Å². The standard InChI is InChI=1S/C34H64N8O/c1-25-35-29(37-26-15-19-43-20-16-26)38-30(36-25)42(28-23-33(6,7)40-34(8,9)24-28)18-14-12-11-13-17-41(10)27-21-31(2,3)39-32(4,5)22-27/h26-28,39-40H,11-24H2,1-10H3,(H,35,36,37,38). The van der Waals surface area contributed by atoms with Crippen LogP contribution in [0.3, 0.4) is 0 Å². The molecule has 0 spiro atoms. The van der Waals surface area contributed by atoms with Crippen LogP contribution in [-0.4, -0.2) is 93.5 Å². The quantitative estimate of drug-likeness (QED) is 0.262. The van der Waals surface area contributed by atoms with Crippen LogP contribution in [-0.2, 0) is 4.74 Å². The molecule has 3 N–H and O–H groups in total. The monoisotopic (exact) mass is 601 g/mol. The van der Waals surface area contributed by atoms with Crippen LogP contribution in [0.2, 0.25) is 0 Å². The predicted octanol–water partition coefficient (Wildman–Crippen LogP) is 5.69. The molecular formula is C34H64N8O. The lowest BCUT2D eigenvalue weighted by Gasteiger charge is -2.49. The van der Waals surface area contributed by atoms with Gasteiger partial charge in [-0.3, -0.25) is 0 Å². The van der Waals surface area contributed by atoms with Crippen LogP contribution in [0.5, 0.6) is 0 Å². The van der Waals surface area contributed by atoms with E-state index < -0.39 is 0 Å². The molecule has 3 aliphatic heterocycles. The van der Waals surface area contributed by atoms with Crippen LogP contribution in [0.4, 0.5) is 11.9 Å². The zero-order valence-corrected chi connectivity index (χ0v) is 29.3. The van der Waals surface area contributed by atoms with Gasteiger partial charge < -0.3 is 30.5 Å². The average molecular weight is 601 g/mol. The fourth-order valence-electron chi connectivity index (χ4n) is 8.38. The van der Waals surface area contributed by atoms with Gasteiger partial charge in [-0.05, 0) is 127 Å². The third-order valence-corrected chi connectivity index (χ3v) is 9.61. The van der Waals surface area contributed by atoms with Crippen molar-refractivity contribution in [2.24, 2.45) is 0 Å². The van der Waals surface area contributed by atoms with E-state index in [1.807, 2.05) is 6.92 Å². The summed E-state index contributed by atoms with van der Waals surface area (Å²) in [5.74, 6) is 2.32. The topological polar surface area (TPSA) is 90.5 Å². The number of anilines is 2. The van der Waals surface area contributed by atoms with Crippen LogP contribution < -0.4 is 20.9 Å². The Hall–Kier alpha value is -1.55. The normalized spacial score (nSPS) is 24.3. The molecule has 0 atom stereocenters. The van der Waals surface area contributed by atoms with Gasteiger partial charge in [-0.1, -0.05) is 12.8 Å². The predicted molar refractivity (Wildman–Crippen MR) is 179 cm³/mol. The Morgan fingerprint density at radius 1 is 0.721 bits per heavy atom. The SMILES string of the molecule is Cc1nc(NC2CCOCC2)nc(N(CCCCCCN(C)C2CC(C)(C)NC(C)(C)C2)C2CC(C)(C)NC(C)(C)C2)n1. The highest BCUT2D eigenvalue weighted by atomic mass is 16.5. The van der Waals surface area contributed by atoms with E-state index in [0.29, 0.717) is 24.1 Å². The smallest absolute Gasteiger partial charge is 0.230 e. The van der Waals surface area contributed by atoms with Gasteiger partial charge in [0, 0.05) is 60.0 Å². The molecule has 0 amide bonds. The van der Waals surface area contributed by atoms with E-state index in [1.165, 1.54) is 38.6 Å². The number of aromatic nitrogens is 3. The maximum atomic E-state index is 5.56. The first-order valence-electron chi connectivity index (χ1n) is 17.1. The van der Waals surface area contributed by atoms with Crippen molar-refractivity contribution in [3.05, 3.63) is 5.82 Å². The van der Waals surface area contributed by atoms with E-state index in [4.69, 9.17) is 14.7 Å². The molecule has 3 saturated heterocycles. The third-order valence-electron chi connectivity index (χ3n) is 9.61. The molecule has 1 aromatic rings. The molecule has 1 aromatic heterocycles. The van der Waals surface area contributed by atoms with E-state index in [0.717, 1.165) is 63.6 Å². The minimum Gasteiger partial charge on any atom is -0.381 e. The minimum atomic E-state index is 0.0538. The molecule has 43 heavy (non-hydrogen) atoms. The zero-order chi connectivity index (χ0) is 31.5. The summed E-state index contributed by atoms with van der Waals surface area (Å²) in [4.78, 5) is 19.8. The minimum absolute atomic E-state index is 0.0538. The van der Waals surface area contributed by atoms with Gasteiger partial charge >= 0.3 is 0 Å². The first-order chi connectivity index (χ1) is 20.0. The van der Waals surface area contributed by atoms with Crippen molar-refractivity contribution in [2.75, 3.05) is 43.6 Å². The summed E-state index contributed by atoms with van der Waals surface area (Å²) in [6.45, 7) is 24.5. The van der Waals surface area contributed by atoms with Crippen molar-refractivity contribution in [3.8, 4) is 0 Å². The van der Waals surface area contributed by atoms with Crippen LogP contribution >= 0.6 is 0 Å². The van der Waals surface area contributed by atoms with Gasteiger partial charge in [0.05, 0.1) is 0 Å². The van der Waals surface area contributed by atoms with Gasteiger partial charge in [0.15, 0.2) is 0 Å². The number of piperidine rings is 2. The van der Waals surface area contributed by atoms with Crippen molar-refractivity contribution >= 4 is 11.9 Å². The lowest BCUT2D eigenvalue weighted by molar-refractivity contribution is 0.0805. The number of nitrogens with zero attached hydrogens (tertiary/aromatic N) is 5. The van der Waals surface area contributed by atoms with Crippen LogP contribution in [0.15, 0.2) is 0 Å². The third kappa shape index (κ3) is 10.5. The molecule has 0 bridgehead atoms. The first kappa shape index (κ1) is 34.3. The fraction of sp³-hybridized carbons (Fsp3) is 0.912. The Balaban J connectivity index is 1.37. The second-order valence-electron chi connectivity index (χ2n) is 16.5. The van der Waals surface area contributed by atoms with E-state index in [1.54, 1.807) is 0 Å². The molecule has 3 aliphatic rings. The van der Waals surface area contributed by atoms with Gasteiger partial charge in [0.2, 0.25) is 11.9 Å². The van der Waals surface area contributed by atoms with Crippen molar-refractivity contribution in [3.63, 3.8) is 0 Å². The van der Waals surface area contributed by atoms with Crippen molar-refractivity contribution in [2.45, 2.75) is 167 Å². The Kier molecular flexibility index (Phi) is 11.0. The van der Waals surface area contributed by atoms with Crippen molar-refractivity contribution < 1.29 is 4.74 Å². The molecule has 9 heteroatoms. The maximum absolute atomic E-state index is 5.56. The number of aryl methyl sites for hydroxylation is 1. The second kappa shape index (κ2) is 13.8. The van der Waals surface area contributed by atoms with E-state index >= 15 is 0 Å². The average Bonchev–Trinajstić information content (AvgIpc) is 2.84. The molecule has 9 nitrogen and oxygen atoms in total. The number of ether oxygens (including phenoxy) is 1. The fourth-order valence-corrected chi connectivity index (χ4v) is 8.38. The van der Waals surface area contributed by atoms with E-state index in [9.17, 15) is 0 Å². The molecule has 0 aromatic carbocycles. The number of rotatable bonds is 12. The lowest BCUT2D eigenvalue weighted by Crippen LogP contribution is -2.62. The summed E-state index contributed by atoms with van der Waals surface area (Å²) >= 11 is 0. The van der Waals surface area contributed by atoms with Gasteiger partial charge in [-0.2, -0.15) is 15.0 Å². The van der Waals surface area contributed by atoms with Gasteiger partial charge in [0.25, 0.3) is 0 Å². The lowest BCUT2D eigenvalue weighted by atomic mass is 9.79. The largest absolute Gasteiger partial charge is 0.381 e. The Morgan fingerprint density at radius 2 is 1.23 bits per heavy atom. The van der Waals surface area contributed by atoms with Crippen LogP contribution in [0.25, 0.3) is 0 Å². The molecule has 0 unspecified atom stereocenters. The van der Waals surface area contributed by atoms with Crippen molar-refractivity contribution in [1.82, 2.24) is 30.5 Å². The Bertz CT molecular complexity index is 1000. The number of hydrogen-bond acceptors (Lipinski definition) is 9. The molecule has 0 radical (unpaired) electrons. The van der Waals surface area contributed by atoms with E-state index in [2.05, 4.69) is 93.2 Å². The Morgan fingerprint density at radius 3 is 1.79 bits per heavy atom. The first-order valence-corrected chi connectivity index (χ1v) is 17.1. The highest BCUT2D eigenvalue weighted by molar-refractivity contribution is 5.39. The molecule has 246 valence electrons. The summed E-state index contributed by atoms with van der Waals surface area (Å²) in [5, 5.41) is 11.3. The highest BCUT2D eigenvalue weighted by Gasteiger charge is 2.41. The molecular weight excluding hydrogens is 536 g/mol.